The lowest BCUT2D eigenvalue weighted by Gasteiger charge is -2.09. The van der Waals surface area contributed by atoms with E-state index in [9.17, 15) is 0 Å². The highest BCUT2D eigenvalue weighted by molar-refractivity contribution is 6.30. The molecule has 3 aromatic carbocycles. The van der Waals surface area contributed by atoms with Crippen LogP contribution in [0.25, 0.3) is 22.2 Å². The number of hydrogen-bond acceptors (Lipinski definition) is 1. The van der Waals surface area contributed by atoms with E-state index in [1.54, 1.807) is 0 Å². The summed E-state index contributed by atoms with van der Waals surface area (Å²) in [5.41, 5.74) is 5.73. The SMILES string of the molecule is Cc1ccc(-c2c3ccccc3nn2Cc2cccc(Cl)c2)cc1. The molecule has 0 fully saturated rings. The van der Waals surface area contributed by atoms with Crippen LogP contribution in [0.1, 0.15) is 11.1 Å². The molecule has 0 N–H and O–H groups in total. The van der Waals surface area contributed by atoms with E-state index in [1.807, 2.05) is 24.3 Å². The van der Waals surface area contributed by atoms with Crippen LogP contribution in [0.3, 0.4) is 0 Å². The standard InChI is InChI=1S/C21H17ClN2/c1-15-9-11-17(12-10-15)21-19-7-2-3-8-20(19)23-24(21)14-16-5-4-6-18(22)13-16/h2-13H,14H2,1H3. The highest BCUT2D eigenvalue weighted by Crippen LogP contribution is 2.29. The lowest BCUT2D eigenvalue weighted by Crippen LogP contribution is -2.03. The zero-order valence-corrected chi connectivity index (χ0v) is 14.2. The van der Waals surface area contributed by atoms with Gasteiger partial charge in [0.2, 0.25) is 0 Å². The van der Waals surface area contributed by atoms with Gasteiger partial charge in [0.1, 0.15) is 0 Å². The van der Waals surface area contributed by atoms with Crippen LogP contribution < -0.4 is 0 Å². The number of halogens is 1. The van der Waals surface area contributed by atoms with E-state index >= 15 is 0 Å². The van der Waals surface area contributed by atoms with Gasteiger partial charge >= 0.3 is 0 Å². The Morgan fingerprint density at radius 3 is 2.50 bits per heavy atom. The highest BCUT2D eigenvalue weighted by Gasteiger charge is 2.13. The number of aromatic nitrogens is 2. The first kappa shape index (κ1) is 15.0. The molecule has 0 radical (unpaired) electrons. The third-order valence-corrected chi connectivity index (χ3v) is 4.43. The van der Waals surface area contributed by atoms with Crippen molar-refractivity contribution in [3.63, 3.8) is 0 Å². The van der Waals surface area contributed by atoms with E-state index < -0.39 is 0 Å². The summed E-state index contributed by atoms with van der Waals surface area (Å²) < 4.78 is 2.07. The molecule has 0 aliphatic heterocycles. The molecular weight excluding hydrogens is 316 g/mol. The average molecular weight is 333 g/mol. The minimum absolute atomic E-state index is 0.693. The molecule has 0 amide bonds. The van der Waals surface area contributed by atoms with Gasteiger partial charge in [-0.1, -0.05) is 71.8 Å². The quantitative estimate of drug-likeness (QED) is 0.469. The van der Waals surface area contributed by atoms with Crippen LogP contribution in [0.15, 0.2) is 72.8 Å². The third-order valence-electron chi connectivity index (χ3n) is 4.19. The van der Waals surface area contributed by atoms with E-state index in [-0.39, 0.29) is 0 Å². The number of fused-ring (bicyclic) bond motifs is 1. The van der Waals surface area contributed by atoms with Crippen molar-refractivity contribution < 1.29 is 0 Å². The van der Waals surface area contributed by atoms with Crippen molar-refractivity contribution in [2.75, 3.05) is 0 Å². The molecular formula is C21H17ClN2. The minimum atomic E-state index is 0.693. The van der Waals surface area contributed by atoms with Crippen LogP contribution in [-0.4, -0.2) is 9.78 Å². The Morgan fingerprint density at radius 1 is 0.917 bits per heavy atom. The van der Waals surface area contributed by atoms with E-state index in [4.69, 9.17) is 16.7 Å². The van der Waals surface area contributed by atoms with Gasteiger partial charge in [-0.25, -0.2) is 0 Å². The Kier molecular flexibility index (Phi) is 3.83. The van der Waals surface area contributed by atoms with Crippen molar-refractivity contribution in [1.82, 2.24) is 9.78 Å². The Labute approximate surface area is 146 Å². The van der Waals surface area contributed by atoms with Crippen LogP contribution in [0.2, 0.25) is 5.02 Å². The van der Waals surface area contributed by atoms with Crippen molar-refractivity contribution in [1.29, 1.82) is 0 Å². The summed E-state index contributed by atoms with van der Waals surface area (Å²) >= 11 is 6.13. The number of rotatable bonds is 3. The molecule has 0 saturated carbocycles. The topological polar surface area (TPSA) is 17.8 Å². The Morgan fingerprint density at radius 2 is 1.71 bits per heavy atom. The zero-order chi connectivity index (χ0) is 16.5. The van der Waals surface area contributed by atoms with Gasteiger partial charge in [0.05, 0.1) is 17.8 Å². The first-order chi connectivity index (χ1) is 11.7. The van der Waals surface area contributed by atoms with Gasteiger partial charge in [-0.2, -0.15) is 5.10 Å². The molecule has 24 heavy (non-hydrogen) atoms. The van der Waals surface area contributed by atoms with Crippen molar-refractivity contribution >= 4 is 22.5 Å². The summed E-state index contributed by atoms with van der Waals surface area (Å²) in [6, 6.07) is 24.8. The van der Waals surface area contributed by atoms with E-state index in [1.165, 1.54) is 16.5 Å². The van der Waals surface area contributed by atoms with Crippen molar-refractivity contribution in [2.24, 2.45) is 0 Å². The first-order valence-corrected chi connectivity index (χ1v) is 8.35. The maximum absolute atomic E-state index is 6.13. The minimum Gasteiger partial charge on any atom is -0.259 e. The zero-order valence-electron chi connectivity index (χ0n) is 13.4. The van der Waals surface area contributed by atoms with Gasteiger partial charge in [-0.3, -0.25) is 4.68 Å². The van der Waals surface area contributed by atoms with Crippen LogP contribution in [0.4, 0.5) is 0 Å². The molecule has 0 bridgehead atoms. The predicted octanol–water partition coefficient (Wildman–Crippen LogP) is 5.71. The fourth-order valence-electron chi connectivity index (χ4n) is 3.02. The van der Waals surface area contributed by atoms with Gasteiger partial charge in [-0.05, 0) is 30.7 Å². The fraction of sp³-hybridized carbons (Fsp3) is 0.0952. The lowest BCUT2D eigenvalue weighted by molar-refractivity contribution is 0.703. The molecule has 1 heterocycles. The first-order valence-electron chi connectivity index (χ1n) is 7.98. The largest absolute Gasteiger partial charge is 0.259 e. The van der Waals surface area contributed by atoms with E-state index in [0.29, 0.717) is 6.54 Å². The van der Waals surface area contributed by atoms with Gasteiger partial charge in [0, 0.05) is 16.0 Å². The summed E-state index contributed by atoms with van der Waals surface area (Å²) in [6.45, 7) is 2.80. The normalized spacial score (nSPS) is 11.1. The second kappa shape index (κ2) is 6.14. The number of hydrogen-bond donors (Lipinski definition) is 0. The molecule has 2 nitrogen and oxygen atoms in total. The smallest absolute Gasteiger partial charge is 0.0930 e. The van der Waals surface area contributed by atoms with Crippen LogP contribution in [0.5, 0.6) is 0 Å². The summed E-state index contributed by atoms with van der Waals surface area (Å²) in [6.07, 6.45) is 0. The molecule has 0 aliphatic carbocycles. The molecule has 0 unspecified atom stereocenters. The number of benzene rings is 3. The van der Waals surface area contributed by atoms with Crippen molar-refractivity contribution in [2.45, 2.75) is 13.5 Å². The van der Waals surface area contributed by atoms with Crippen LogP contribution in [-0.2, 0) is 6.54 Å². The summed E-state index contributed by atoms with van der Waals surface area (Å²) in [5.74, 6) is 0. The van der Waals surface area contributed by atoms with Crippen LogP contribution in [0, 0.1) is 6.92 Å². The van der Waals surface area contributed by atoms with Gasteiger partial charge in [-0.15, -0.1) is 0 Å². The molecule has 1 aromatic heterocycles. The van der Waals surface area contributed by atoms with Gasteiger partial charge in [0.15, 0.2) is 0 Å². The second-order valence-electron chi connectivity index (χ2n) is 6.02. The predicted molar refractivity (Wildman–Crippen MR) is 100 cm³/mol. The maximum Gasteiger partial charge on any atom is 0.0930 e. The number of aryl methyl sites for hydroxylation is 1. The lowest BCUT2D eigenvalue weighted by atomic mass is 10.1. The molecule has 4 rings (SSSR count). The second-order valence-corrected chi connectivity index (χ2v) is 6.46. The summed E-state index contributed by atoms with van der Waals surface area (Å²) in [4.78, 5) is 0. The number of nitrogens with zero attached hydrogens (tertiary/aromatic N) is 2. The monoisotopic (exact) mass is 332 g/mol. The molecule has 0 aliphatic rings. The Balaban J connectivity index is 1.88. The highest BCUT2D eigenvalue weighted by atomic mass is 35.5. The fourth-order valence-corrected chi connectivity index (χ4v) is 3.23. The third kappa shape index (κ3) is 2.81. The molecule has 4 aromatic rings. The van der Waals surface area contributed by atoms with Crippen LogP contribution >= 0.6 is 11.6 Å². The molecule has 0 spiro atoms. The Hall–Kier alpha value is -2.58. The summed E-state index contributed by atoms with van der Waals surface area (Å²) in [7, 11) is 0. The van der Waals surface area contributed by atoms with Crippen molar-refractivity contribution in [3.05, 3.63) is 88.9 Å². The van der Waals surface area contributed by atoms with E-state index in [2.05, 4.69) is 60.1 Å². The van der Waals surface area contributed by atoms with Gasteiger partial charge < -0.3 is 0 Å². The van der Waals surface area contributed by atoms with Crippen molar-refractivity contribution in [3.8, 4) is 11.3 Å². The summed E-state index contributed by atoms with van der Waals surface area (Å²) in [5, 5.41) is 6.73. The molecule has 3 heteroatoms. The average Bonchev–Trinajstić information content (AvgIpc) is 2.93. The maximum atomic E-state index is 6.13. The van der Waals surface area contributed by atoms with Gasteiger partial charge in [0.25, 0.3) is 0 Å². The molecule has 0 atom stereocenters. The molecule has 0 saturated heterocycles. The van der Waals surface area contributed by atoms with E-state index in [0.717, 1.165) is 21.8 Å². The Bertz CT molecular complexity index is 1000. The molecule has 118 valence electrons.